The third kappa shape index (κ3) is 4.80. The second-order valence-corrected chi connectivity index (χ2v) is 6.51. The Hall–Kier alpha value is -0.130. The van der Waals surface area contributed by atoms with Gasteiger partial charge in [-0.25, -0.2) is 0 Å². The van der Waals surface area contributed by atoms with E-state index in [0.29, 0.717) is 6.42 Å². The zero-order valence-electron chi connectivity index (χ0n) is 10.2. The van der Waals surface area contributed by atoms with Crippen LogP contribution in [-0.4, -0.2) is 49.4 Å². The van der Waals surface area contributed by atoms with Gasteiger partial charge in [0.2, 0.25) is 0 Å². The van der Waals surface area contributed by atoms with Crippen LogP contribution in [0.5, 0.6) is 0 Å². The van der Waals surface area contributed by atoms with Gasteiger partial charge in [-0.05, 0) is 6.42 Å². The van der Waals surface area contributed by atoms with Crippen molar-refractivity contribution in [2.75, 3.05) is 31.9 Å². The summed E-state index contributed by atoms with van der Waals surface area (Å²) < 4.78 is 31.1. The number of hydrogen-bond donors (Lipinski definition) is 1. The summed E-state index contributed by atoms with van der Waals surface area (Å²) in [6.45, 7) is 6.63. The molecule has 5 heteroatoms. The van der Waals surface area contributed by atoms with Gasteiger partial charge in [-0.3, -0.25) is 4.55 Å². The quantitative estimate of drug-likeness (QED) is 0.552. The average molecular weight is 250 g/mol. The maximum Gasteiger partial charge on any atom is 0.265 e. The lowest BCUT2D eigenvalue weighted by Crippen LogP contribution is -2.47. The Morgan fingerprint density at radius 1 is 1.12 bits per heavy atom. The van der Waals surface area contributed by atoms with E-state index >= 15 is 0 Å². The molecule has 0 saturated carbocycles. The fourth-order valence-corrected chi connectivity index (χ4v) is 3.14. The third-order valence-corrected chi connectivity index (χ3v) is 4.34. The monoisotopic (exact) mass is 250 g/mol. The lowest BCUT2D eigenvalue weighted by molar-refractivity contribution is -0.917. The molecule has 1 aliphatic rings. The lowest BCUT2D eigenvalue weighted by Gasteiger charge is -2.34. The van der Waals surface area contributed by atoms with Gasteiger partial charge >= 0.3 is 0 Å². The number of likely N-dealkylation sites (tertiary alicyclic amines) is 1. The highest BCUT2D eigenvalue weighted by atomic mass is 32.2. The van der Waals surface area contributed by atoms with Gasteiger partial charge in [-0.15, -0.1) is 0 Å². The summed E-state index contributed by atoms with van der Waals surface area (Å²) in [7, 11) is -3.77. The van der Waals surface area contributed by atoms with Crippen LogP contribution in [0.25, 0.3) is 0 Å². The van der Waals surface area contributed by atoms with E-state index in [9.17, 15) is 8.42 Å². The second-order valence-electron chi connectivity index (χ2n) is 4.94. The first-order chi connectivity index (χ1) is 7.47. The Kier molecular flexibility index (Phi) is 5.21. The molecule has 0 aromatic rings. The Morgan fingerprint density at radius 3 is 2.19 bits per heavy atom. The maximum absolute atomic E-state index is 10.7. The highest BCUT2D eigenvalue weighted by Gasteiger charge is 2.30. The standard InChI is InChI=1S/C11H23NO3S/c1-2-3-7-12(8-4-5-9-12)10-6-11-16(13,14)15/h2-11H2,1H3/p+1. The minimum Gasteiger partial charge on any atom is -0.324 e. The van der Waals surface area contributed by atoms with Gasteiger partial charge in [0.15, 0.2) is 0 Å². The molecule has 0 aromatic heterocycles. The molecule has 96 valence electrons. The molecule has 1 rings (SSSR count). The number of hydrogen-bond acceptors (Lipinski definition) is 2. The van der Waals surface area contributed by atoms with E-state index in [2.05, 4.69) is 6.92 Å². The van der Waals surface area contributed by atoms with Crippen LogP contribution in [0, 0.1) is 0 Å². The van der Waals surface area contributed by atoms with E-state index in [1.54, 1.807) is 0 Å². The first kappa shape index (κ1) is 13.9. The summed E-state index contributed by atoms with van der Waals surface area (Å²) in [5.41, 5.74) is 0. The van der Waals surface area contributed by atoms with Crippen molar-refractivity contribution in [1.82, 2.24) is 0 Å². The molecule has 0 aliphatic carbocycles. The fraction of sp³-hybridized carbons (Fsp3) is 1.00. The number of nitrogens with zero attached hydrogens (tertiary/aromatic N) is 1. The van der Waals surface area contributed by atoms with E-state index in [1.165, 1.54) is 45.3 Å². The molecule has 0 unspecified atom stereocenters. The van der Waals surface area contributed by atoms with Crippen molar-refractivity contribution >= 4 is 10.1 Å². The third-order valence-electron chi connectivity index (χ3n) is 3.54. The van der Waals surface area contributed by atoms with Gasteiger partial charge in [0.25, 0.3) is 10.1 Å². The van der Waals surface area contributed by atoms with Gasteiger partial charge in [0, 0.05) is 19.3 Å². The molecular formula is C11H24NO3S+. The van der Waals surface area contributed by atoms with Crippen LogP contribution in [-0.2, 0) is 10.1 Å². The summed E-state index contributed by atoms with van der Waals surface area (Å²) in [6.07, 6.45) is 5.51. The molecule has 0 atom stereocenters. The van der Waals surface area contributed by atoms with Crippen molar-refractivity contribution in [3.8, 4) is 0 Å². The van der Waals surface area contributed by atoms with Gasteiger partial charge in [-0.1, -0.05) is 13.3 Å². The summed E-state index contributed by atoms with van der Waals surface area (Å²) >= 11 is 0. The number of unbranched alkanes of at least 4 members (excludes halogenated alkanes) is 1. The van der Waals surface area contributed by atoms with Crippen LogP contribution in [0.4, 0.5) is 0 Å². The molecule has 1 saturated heterocycles. The minimum absolute atomic E-state index is 0.0842. The van der Waals surface area contributed by atoms with E-state index < -0.39 is 10.1 Å². The van der Waals surface area contributed by atoms with Crippen molar-refractivity contribution < 1.29 is 17.5 Å². The first-order valence-electron chi connectivity index (χ1n) is 6.28. The van der Waals surface area contributed by atoms with E-state index in [4.69, 9.17) is 4.55 Å². The molecular weight excluding hydrogens is 226 g/mol. The van der Waals surface area contributed by atoms with Crippen molar-refractivity contribution in [3.63, 3.8) is 0 Å². The van der Waals surface area contributed by atoms with Crippen LogP contribution in [0.15, 0.2) is 0 Å². The number of rotatable bonds is 7. The molecule has 1 fully saturated rings. The van der Waals surface area contributed by atoms with Crippen LogP contribution >= 0.6 is 0 Å². The minimum atomic E-state index is -3.77. The van der Waals surface area contributed by atoms with Gasteiger partial charge in [0.05, 0.1) is 31.9 Å². The zero-order chi connectivity index (χ0) is 12.1. The molecule has 0 aromatic carbocycles. The molecule has 0 amide bonds. The lowest BCUT2D eigenvalue weighted by atomic mass is 10.2. The summed E-state index contributed by atoms with van der Waals surface area (Å²) in [5.74, 6) is -0.0842. The Bertz CT molecular complexity index is 294. The van der Waals surface area contributed by atoms with E-state index in [-0.39, 0.29) is 5.75 Å². The first-order valence-corrected chi connectivity index (χ1v) is 7.89. The van der Waals surface area contributed by atoms with Gasteiger partial charge in [0.1, 0.15) is 0 Å². The van der Waals surface area contributed by atoms with E-state index in [0.717, 1.165) is 11.0 Å². The molecule has 0 spiro atoms. The van der Waals surface area contributed by atoms with Crippen molar-refractivity contribution in [3.05, 3.63) is 0 Å². The zero-order valence-corrected chi connectivity index (χ0v) is 11.0. The molecule has 16 heavy (non-hydrogen) atoms. The summed E-state index contributed by atoms with van der Waals surface area (Å²) in [5, 5.41) is 0. The number of quaternary nitrogens is 1. The Labute approximate surface area is 99.0 Å². The van der Waals surface area contributed by atoms with Gasteiger partial charge < -0.3 is 4.48 Å². The highest BCUT2D eigenvalue weighted by molar-refractivity contribution is 7.85. The normalized spacial score (nSPS) is 20.1. The second kappa shape index (κ2) is 5.98. The Balaban J connectivity index is 2.39. The maximum atomic E-state index is 10.7. The highest BCUT2D eigenvalue weighted by Crippen LogP contribution is 2.21. The molecule has 1 N–H and O–H groups in total. The van der Waals surface area contributed by atoms with E-state index in [1.807, 2.05) is 0 Å². The smallest absolute Gasteiger partial charge is 0.265 e. The Morgan fingerprint density at radius 2 is 1.69 bits per heavy atom. The molecule has 1 heterocycles. The fourth-order valence-electron chi connectivity index (χ4n) is 2.64. The predicted octanol–water partition coefficient (Wildman–Crippen LogP) is 1.68. The molecule has 0 radical (unpaired) electrons. The van der Waals surface area contributed by atoms with Crippen molar-refractivity contribution in [2.45, 2.75) is 39.0 Å². The van der Waals surface area contributed by atoms with Crippen molar-refractivity contribution in [1.29, 1.82) is 0 Å². The topological polar surface area (TPSA) is 54.4 Å². The predicted molar refractivity (Wildman–Crippen MR) is 64.9 cm³/mol. The van der Waals surface area contributed by atoms with Crippen LogP contribution < -0.4 is 0 Å². The molecule has 4 nitrogen and oxygen atoms in total. The SMILES string of the molecule is CCCC[N+]1(CCCS(=O)(=O)O)CCCC1. The largest absolute Gasteiger partial charge is 0.324 e. The molecule has 1 aliphatic heterocycles. The van der Waals surface area contributed by atoms with Gasteiger partial charge in [-0.2, -0.15) is 8.42 Å². The summed E-state index contributed by atoms with van der Waals surface area (Å²) in [6, 6.07) is 0. The van der Waals surface area contributed by atoms with Crippen molar-refractivity contribution in [2.24, 2.45) is 0 Å². The average Bonchev–Trinajstić information content (AvgIpc) is 2.62. The van der Waals surface area contributed by atoms with Crippen LogP contribution in [0.1, 0.15) is 39.0 Å². The van der Waals surface area contributed by atoms with Crippen LogP contribution in [0.3, 0.4) is 0 Å². The molecule has 0 bridgehead atoms. The summed E-state index contributed by atoms with van der Waals surface area (Å²) in [4.78, 5) is 0. The van der Waals surface area contributed by atoms with Crippen LogP contribution in [0.2, 0.25) is 0 Å².